The molecule has 0 fully saturated rings. The molecule has 90 valence electrons. The summed E-state index contributed by atoms with van der Waals surface area (Å²) in [6.45, 7) is 1.59. The fraction of sp³-hybridized carbons (Fsp3) is 0.143. The van der Waals surface area contributed by atoms with Crippen LogP contribution in [-0.4, -0.2) is 0 Å². The molecule has 0 aliphatic rings. The molecule has 2 aromatic carbocycles. The molecule has 1 nitrogen and oxygen atoms in total. The van der Waals surface area contributed by atoms with Crippen LogP contribution in [0.2, 0.25) is 0 Å². The van der Waals surface area contributed by atoms with Gasteiger partial charge in [0, 0.05) is 13.1 Å². The van der Waals surface area contributed by atoms with Crippen molar-refractivity contribution in [2.24, 2.45) is 0 Å². The van der Waals surface area contributed by atoms with Crippen molar-refractivity contribution in [3.63, 3.8) is 0 Å². The number of hydrogen-bond acceptors (Lipinski definition) is 1. The van der Waals surface area contributed by atoms with E-state index in [1.807, 2.05) is 18.2 Å². The molecular formula is C14H14BrFN-. The lowest BCUT2D eigenvalue weighted by Crippen LogP contribution is -3.00. The predicted molar refractivity (Wildman–Crippen MR) is 63.4 cm³/mol. The van der Waals surface area contributed by atoms with Crippen molar-refractivity contribution in [2.75, 3.05) is 0 Å². The highest BCUT2D eigenvalue weighted by Gasteiger charge is 1.94. The van der Waals surface area contributed by atoms with Gasteiger partial charge >= 0.3 is 0 Å². The molecule has 0 amide bonds. The topological polar surface area (TPSA) is 12.0 Å². The second-order valence-electron chi connectivity index (χ2n) is 3.72. The smallest absolute Gasteiger partial charge is 0.123 e. The summed E-state index contributed by atoms with van der Waals surface area (Å²) in [5.41, 5.74) is 2.35. The molecule has 0 unspecified atom stereocenters. The van der Waals surface area contributed by atoms with Crippen LogP contribution in [0.4, 0.5) is 4.39 Å². The van der Waals surface area contributed by atoms with Crippen LogP contribution in [0.25, 0.3) is 0 Å². The predicted octanol–water partition coefficient (Wildman–Crippen LogP) is 0.119. The zero-order valence-electron chi connectivity index (χ0n) is 9.37. The number of halogens is 2. The molecule has 17 heavy (non-hydrogen) atoms. The van der Waals surface area contributed by atoms with Crippen molar-refractivity contribution >= 4 is 0 Å². The molecule has 0 atom stereocenters. The van der Waals surface area contributed by atoms with Gasteiger partial charge in [0.2, 0.25) is 0 Å². The summed E-state index contributed by atoms with van der Waals surface area (Å²) in [5.74, 6) is -0.188. The minimum atomic E-state index is -0.188. The van der Waals surface area contributed by atoms with E-state index in [2.05, 4.69) is 17.4 Å². The largest absolute Gasteiger partial charge is 1.00 e. The van der Waals surface area contributed by atoms with Crippen molar-refractivity contribution in [3.8, 4) is 0 Å². The average Bonchev–Trinajstić information content (AvgIpc) is 2.33. The van der Waals surface area contributed by atoms with Gasteiger partial charge in [-0.3, -0.25) is 0 Å². The first-order valence-electron chi connectivity index (χ1n) is 5.34. The van der Waals surface area contributed by atoms with Gasteiger partial charge < -0.3 is 22.3 Å². The molecule has 0 radical (unpaired) electrons. The van der Waals surface area contributed by atoms with Gasteiger partial charge in [0.15, 0.2) is 0 Å². The molecule has 0 heterocycles. The van der Waals surface area contributed by atoms with E-state index in [-0.39, 0.29) is 22.8 Å². The Morgan fingerprint density at radius 1 is 0.765 bits per heavy atom. The zero-order valence-corrected chi connectivity index (χ0v) is 11.0. The molecular weight excluding hydrogens is 281 g/mol. The van der Waals surface area contributed by atoms with Crippen LogP contribution >= 0.6 is 0 Å². The first kappa shape index (κ1) is 13.9. The van der Waals surface area contributed by atoms with Crippen molar-refractivity contribution in [1.82, 2.24) is 5.32 Å². The second-order valence-corrected chi connectivity index (χ2v) is 3.72. The van der Waals surface area contributed by atoms with Crippen molar-refractivity contribution in [2.45, 2.75) is 13.1 Å². The monoisotopic (exact) mass is 294 g/mol. The Bertz CT molecular complexity index is 428. The van der Waals surface area contributed by atoms with E-state index < -0.39 is 0 Å². The van der Waals surface area contributed by atoms with Gasteiger partial charge in [-0.1, -0.05) is 42.5 Å². The lowest BCUT2D eigenvalue weighted by Gasteiger charge is -2.04. The zero-order chi connectivity index (χ0) is 11.2. The van der Waals surface area contributed by atoms with Crippen LogP contribution < -0.4 is 22.3 Å². The van der Waals surface area contributed by atoms with E-state index in [4.69, 9.17) is 0 Å². The third-order valence-corrected chi connectivity index (χ3v) is 2.41. The van der Waals surface area contributed by atoms with E-state index >= 15 is 0 Å². The standard InChI is InChI=1S/C14H14FN.BrH/c15-14-8-6-13(7-9-14)11-16-10-12-4-2-1-3-5-12;/h1-9,16H,10-11H2;1H/p-1. The summed E-state index contributed by atoms with van der Waals surface area (Å²) in [7, 11) is 0. The van der Waals surface area contributed by atoms with E-state index in [0.717, 1.165) is 18.7 Å². The normalized spacial score (nSPS) is 9.71. The molecule has 0 bridgehead atoms. The Morgan fingerprint density at radius 2 is 1.29 bits per heavy atom. The second kappa shape index (κ2) is 7.20. The molecule has 0 aliphatic carbocycles. The van der Waals surface area contributed by atoms with Gasteiger partial charge in [0.25, 0.3) is 0 Å². The Hall–Kier alpha value is -1.19. The third kappa shape index (κ3) is 4.67. The molecule has 0 saturated heterocycles. The quantitative estimate of drug-likeness (QED) is 0.845. The van der Waals surface area contributed by atoms with Crippen LogP contribution in [0.5, 0.6) is 0 Å². The number of rotatable bonds is 4. The SMILES string of the molecule is Fc1ccc(CNCc2ccccc2)cc1.[Br-]. The summed E-state index contributed by atoms with van der Waals surface area (Å²) in [5, 5.41) is 3.31. The maximum absolute atomic E-state index is 12.7. The van der Waals surface area contributed by atoms with E-state index in [0.29, 0.717) is 0 Å². The highest BCUT2D eigenvalue weighted by atomic mass is 79.9. The van der Waals surface area contributed by atoms with E-state index in [1.54, 1.807) is 12.1 Å². The summed E-state index contributed by atoms with van der Waals surface area (Å²) < 4.78 is 12.7. The van der Waals surface area contributed by atoms with E-state index in [1.165, 1.54) is 17.7 Å². The van der Waals surface area contributed by atoms with Gasteiger partial charge in [-0.2, -0.15) is 0 Å². The Balaban J connectivity index is 0.00000144. The van der Waals surface area contributed by atoms with E-state index in [9.17, 15) is 4.39 Å². The summed E-state index contributed by atoms with van der Waals surface area (Å²) in [4.78, 5) is 0. The van der Waals surface area contributed by atoms with Crippen molar-refractivity contribution in [1.29, 1.82) is 0 Å². The summed E-state index contributed by atoms with van der Waals surface area (Å²) in [6.07, 6.45) is 0. The molecule has 0 saturated carbocycles. The fourth-order valence-electron chi connectivity index (χ4n) is 1.55. The van der Waals surface area contributed by atoms with Gasteiger partial charge in [-0.15, -0.1) is 0 Å². The average molecular weight is 295 g/mol. The number of nitrogens with one attached hydrogen (secondary N) is 1. The molecule has 2 rings (SSSR count). The first-order valence-corrected chi connectivity index (χ1v) is 5.34. The maximum atomic E-state index is 12.7. The minimum absolute atomic E-state index is 0. The molecule has 0 aliphatic heterocycles. The van der Waals surface area contributed by atoms with Crippen LogP contribution in [0.1, 0.15) is 11.1 Å². The van der Waals surface area contributed by atoms with Crippen LogP contribution in [-0.2, 0) is 13.1 Å². The summed E-state index contributed by atoms with van der Waals surface area (Å²) >= 11 is 0. The molecule has 2 aromatic rings. The molecule has 0 spiro atoms. The molecule has 3 heteroatoms. The lowest BCUT2D eigenvalue weighted by atomic mass is 10.2. The van der Waals surface area contributed by atoms with Crippen LogP contribution in [0.15, 0.2) is 54.6 Å². The highest BCUT2D eigenvalue weighted by Crippen LogP contribution is 2.03. The Kier molecular flexibility index (Phi) is 5.87. The van der Waals surface area contributed by atoms with Gasteiger partial charge in [0.1, 0.15) is 5.82 Å². The summed E-state index contributed by atoms with van der Waals surface area (Å²) in [6, 6.07) is 16.8. The van der Waals surface area contributed by atoms with Crippen molar-refractivity contribution < 1.29 is 21.4 Å². The number of hydrogen-bond donors (Lipinski definition) is 1. The van der Waals surface area contributed by atoms with Crippen molar-refractivity contribution in [3.05, 3.63) is 71.5 Å². The number of benzene rings is 2. The first-order chi connectivity index (χ1) is 7.84. The Morgan fingerprint density at radius 3 is 1.88 bits per heavy atom. The fourth-order valence-corrected chi connectivity index (χ4v) is 1.55. The minimum Gasteiger partial charge on any atom is -1.00 e. The van der Waals surface area contributed by atoms with Gasteiger partial charge in [-0.05, 0) is 23.3 Å². The van der Waals surface area contributed by atoms with Crippen LogP contribution in [0, 0.1) is 5.82 Å². The lowest BCUT2D eigenvalue weighted by molar-refractivity contribution is -0.00000387. The molecule has 1 N–H and O–H groups in total. The maximum Gasteiger partial charge on any atom is 0.123 e. The third-order valence-electron chi connectivity index (χ3n) is 2.41. The highest BCUT2D eigenvalue weighted by molar-refractivity contribution is 5.17. The van der Waals surface area contributed by atoms with Crippen LogP contribution in [0.3, 0.4) is 0 Å². The Labute approximate surface area is 111 Å². The molecule has 0 aromatic heterocycles. The van der Waals surface area contributed by atoms with Gasteiger partial charge in [-0.25, -0.2) is 4.39 Å². The van der Waals surface area contributed by atoms with Gasteiger partial charge in [0.05, 0.1) is 0 Å².